The van der Waals surface area contributed by atoms with Crippen LogP contribution >= 0.6 is 23.7 Å². The second-order valence-electron chi connectivity index (χ2n) is 5.56. The highest BCUT2D eigenvalue weighted by Gasteiger charge is 2.34. The molecule has 1 saturated carbocycles. The predicted molar refractivity (Wildman–Crippen MR) is 84.7 cm³/mol. The third-order valence-electron chi connectivity index (χ3n) is 4.24. The SMILES string of the molecule is Cc1ncc(CNC2CCCC2C2COCCN2)s1.Cl. The monoisotopic (exact) mass is 317 g/mol. The highest BCUT2D eigenvalue weighted by atomic mass is 35.5. The Morgan fingerprint density at radius 1 is 1.50 bits per heavy atom. The van der Waals surface area contributed by atoms with Gasteiger partial charge in [0.2, 0.25) is 0 Å². The summed E-state index contributed by atoms with van der Waals surface area (Å²) in [4.78, 5) is 5.66. The van der Waals surface area contributed by atoms with E-state index in [2.05, 4.69) is 22.5 Å². The van der Waals surface area contributed by atoms with E-state index in [4.69, 9.17) is 4.74 Å². The van der Waals surface area contributed by atoms with Crippen LogP contribution in [0, 0.1) is 12.8 Å². The molecule has 0 radical (unpaired) electrons. The van der Waals surface area contributed by atoms with Gasteiger partial charge in [-0.05, 0) is 25.7 Å². The van der Waals surface area contributed by atoms with Crippen molar-refractivity contribution in [2.24, 2.45) is 5.92 Å². The number of thiazole rings is 1. The third-order valence-corrected chi connectivity index (χ3v) is 5.16. The minimum Gasteiger partial charge on any atom is -0.379 e. The average molecular weight is 318 g/mol. The van der Waals surface area contributed by atoms with Crippen LogP contribution in [0.25, 0.3) is 0 Å². The molecule has 2 N–H and O–H groups in total. The Kier molecular flexibility index (Phi) is 6.23. The van der Waals surface area contributed by atoms with Crippen LogP contribution < -0.4 is 10.6 Å². The molecule has 6 heteroatoms. The van der Waals surface area contributed by atoms with Gasteiger partial charge in [-0.15, -0.1) is 23.7 Å². The van der Waals surface area contributed by atoms with E-state index in [1.807, 2.05) is 6.20 Å². The molecule has 1 saturated heterocycles. The van der Waals surface area contributed by atoms with Crippen molar-refractivity contribution in [2.75, 3.05) is 19.8 Å². The van der Waals surface area contributed by atoms with E-state index in [9.17, 15) is 0 Å². The number of ether oxygens (including phenoxy) is 1. The fourth-order valence-corrected chi connectivity index (χ4v) is 4.05. The van der Waals surface area contributed by atoms with Gasteiger partial charge in [0.25, 0.3) is 0 Å². The van der Waals surface area contributed by atoms with Gasteiger partial charge in [0.15, 0.2) is 0 Å². The highest BCUT2D eigenvalue weighted by Crippen LogP contribution is 2.29. The molecule has 0 bridgehead atoms. The summed E-state index contributed by atoms with van der Waals surface area (Å²) in [5, 5.41) is 8.51. The van der Waals surface area contributed by atoms with Gasteiger partial charge in [-0.1, -0.05) is 6.42 Å². The number of hydrogen-bond acceptors (Lipinski definition) is 5. The molecule has 0 spiro atoms. The molecule has 3 rings (SSSR count). The van der Waals surface area contributed by atoms with Crippen LogP contribution in [-0.4, -0.2) is 36.8 Å². The van der Waals surface area contributed by atoms with Gasteiger partial charge in [0, 0.05) is 36.2 Å². The summed E-state index contributed by atoms with van der Waals surface area (Å²) < 4.78 is 5.61. The first kappa shape index (κ1) is 16.2. The van der Waals surface area contributed by atoms with E-state index in [1.54, 1.807) is 11.3 Å². The van der Waals surface area contributed by atoms with Gasteiger partial charge in [0.05, 0.1) is 18.2 Å². The highest BCUT2D eigenvalue weighted by molar-refractivity contribution is 7.11. The van der Waals surface area contributed by atoms with E-state index in [-0.39, 0.29) is 12.4 Å². The number of aryl methyl sites for hydroxylation is 1. The molecule has 2 fully saturated rings. The first-order valence-corrected chi connectivity index (χ1v) is 8.10. The van der Waals surface area contributed by atoms with Gasteiger partial charge >= 0.3 is 0 Å². The number of rotatable bonds is 4. The van der Waals surface area contributed by atoms with Crippen LogP contribution in [0.3, 0.4) is 0 Å². The molecular weight excluding hydrogens is 294 g/mol. The number of aromatic nitrogens is 1. The lowest BCUT2D eigenvalue weighted by atomic mass is 9.94. The van der Waals surface area contributed by atoms with Crippen molar-refractivity contribution in [1.82, 2.24) is 15.6 Å². The van der Waals surface area contributed by atoms with Crippen LogP contribution in [0.1, 0.15) is 29.1 Å². The fourth-order valence-electron chi connectivity index (χ4n) is 3.30. The molecule has 114 valence electrons. The molecule has 1 aliphatic carbocycles. The van der Waals surface area contributed by atoms with Crippen LogP contribution in [0.2, 0.25) is 0 Å². The largest absolute Gasteiger partial charge is 0.379 e. The number of nitrogens with one attached hydrogen (secondary N) is 2. The zero-order valence-electron chi connectivity index (χ0n) is 11.9. The summed E-state index contributed by atoms with van der Waals surface area (Å²) >= 11 is 1.79. The Morgan fingerprint density at radius 3 is 3.10 bits per heavy atom. The van der Waals surface area contributed by atoms with Crippen molar-refractivity contribution in [3.05, 3.63) is 16.1 Å². The van der Waals surface area contributed by atoms with Crippen LogP contribution in [0.4, 0.5) is 0 Å². The lowest BCUT2D eigenvalue weighted by Gasteiger charge is -2.33. The molecule has 1 aromatic heterocycles. The number of hydrogen-bond donors (Lipinski definition) is 2. The maximum absolute atomic E-state index is 5.61. The zero-order chi connectivity index (χ0) is 13.1. The quantitative estimate of drug-likeness (QED) is 0.893. The van der Waals surface area contributed by atoms with E-state index in [0.717, 1.165) is 31.3 Å². The summed E-state index contributed by atoms with van der Waals surface area (Å²) in [7, 11) is 0. The average Bonchev–Trinajstić information content (AvgIpc) is 3.06. The second-order valence-corrected chi connectivity index (χ2v) is 6.88. The smallest absolute Gasteiger partial charge is 0.0897 e. The molecule has 3 unspecified atom stereocenters. The van der Waals surface area contributed by atoms with Crippen LogP contribution in [-0.2, 0) is 11.3 Å². The Hall–Kier alpha value is -0.200. The van der Waals surface area contributed by atoms with Gasteiger partial charge in [-0.3, -0.25) is 0 Å². The van der Waals surface area contributed by atoms with Crippen molar-refractivity contribution in [2.45, 2.75) is 44.8 Å². The van der Waals surface area contributed by atoms with Crippen molar-refractivity contribution in [1.29, 1.82) is 0 Å². The number of nitrogens with zero attached hydrogens (tertiary/aromatic N) is 1. The molecule has 1 aliphatic heterocycles. The molecule has 3 atom stereocenters. The van der Waals surface area contributed by atoms with Gasteiger partial charge < -0.3 is 15.4 Å². The summed E-state index contributed by atoms with van der Waals surface area (Å²) in [6.07, 6.45) is 5.95. The van der Waals surface area contributed by atoms with Crippen LogP contribution in [0.15, 0.2) is 6.20 Å². The normalized spacial score (nSPS) is 30.1. The topological polar surface area (TPSA) is 46.2 Å². The fraction of sp³-hybridized carbons (Fsp3) is 0.786. The lowest BCUT2D eigenvalue weighted by Crippen LogP contribution is -2.50. The van der Waals surface area contributed by atoms with Crippen molar-refractivity contribution >= 4 is 23.7 Å². The molecule has 4 nitrogen and oxygen atoms in total. The lowest BCUT2D eigenvalue weighted by molar-refractivity contribution is 0.0524. The van der Waals surface area contributed by atoms with Crippen molar-refractivity contribution < 1.29 is 4.74 Å². The van der Waals surface area contributed by atoms with Gasteiger partial charge in [-0.25, -0.2) is 4.98 Å². The van der Waals surface area contributed by atoms with Crippen molar-refractivity contribution in [3.8, 4) is 0 Å². The van der Waals surface area contributed by atoms with E-state index in [1.165, 1.54) is 24.1 Å². The summed E-state index contributed by atoms with van der Waals surface area (Å²) in [5.74, 6) is 0.717. The molecule has 0 aromatic carbocycles. The van der Waals surface area contributed by atoms with Crippen molar-refractivity contribution in [3.63, 3.8) is 0 Å². The minimum absolute atomic E-state index is 0. The Balaban J connectivity index is 0.00000147. The van der Waals surface area contributed by atoms with Crippen LogP contribution in [0.5, 0.6) is 0 Å². The number of halogens is 1. The maximum atomic E-state index is 5.61. The molecular formula is C14H24ClN3OS. The summed E-state index contributed by atoms with van der Waals surface area (Å²) in [6, 6.07) is 1.17. The Bertz CT molecular complexity index is 409. The first-order chi connectivity index (χ1) is 9.33. The molecule has 2 heterocycles. The van der Waals surface area contributed by atoms with E-state index in [0.29, 0.717) is 18.0 Å². The maximum Gasteiger partial charge on any atom is 0.0897 e. The standard InChI is InChI=1S/C14H23N3OS.ClH/c1-10-16-7-11(19-10)8-17-13-4-2-3-12(13)14-9-18-6-5-15-14;/h7,12-15,17H,2-6,8-9H2,1H3;1H. The Labute approximate surface area is 131 Å². The molecule has 20 heavy (non-hydrogen) atoms. The molecule has 1 aromatic rings. The third kappa shape index (κ3) is 3.92. The predicted octanol–water partition coefficient (Wildman–Crippen LogP) is 2.12. The number of morpholine rings is 1. The molecule has 0 amide bonds. The van der Waals surface area contributed by atoms with E-state index >= 15 is 0 Å². The van der Waals surface area contributed by atoms with Gasteiger partial charge in [-0.2, -0.15) is 0 Å². The van der Waals surface area contributed by atoms with Gasteiger partial charge in [0.1, 0.15) is 0 Å². The van der Waals surface area contributed by atoms with E-state index < -0.39 is 0 Å². The minimum atomic E-state index is 0. The molecule has 2 aliphatic rings. The first-order valence-electron chi connectivity index (χ1n) is 7.29. The second kappa shape index (κ2) is 7.71. The zero-order valence-corrected chi connectivity index (χ0v) is 13.6. The summed E-state index contributed by atoms with van der Waals surface area (Å²) in [5.41, 5.74) is 0. The Morgan fingerprint density at radius 2 is 2.40 bits per heavy atom. The summed E-state index contributed by atoms with van der Waals surface area (Å²) in [6.45, 7) is 5.77.